The van der Waals surface area contributed by atoms with Crippen molar-refractivity contribution in [2.45, 2.75) is 4.90 Å². The molecule has 0 radical (unpaired) electrons. The van der Waals surface area contributed by atoms with Crippen LogP contribution in [0.2, 0.25) is 5.02 Å². The number of thiol groups is 1. The molecule has 1 aromatic rings. The molecule has 0 atom stereocenters. The van der Waals surface area contributed by atoms with Gasteiger partial charge in [-0.15, -0.1) is 0 Å². The van der Waals surface area contributed by atoms with Gasteiger partial charge in [0.05, 0.1) is 9.92 Å². The second-order valence-electron chi connectivity index (χ2n) is 2.65. The Morgan fingerprint density at radius 2 is 2.08 bits per heavy atom. The zero-order valence-corrected chi connectivity index (χ0v) is 8.84. The van der Waals surface area contributed by atoms with E-state index in [0.29, 0.717) is 10.8 Å². The van der Waals surface area contributed by atoms with E-state index in [2.05, 4.69) is 4.98 Å². The predicted octanol–water partition coefficient (Wildman–Crippen LogP) is 0.771. The Balaban J connectivity index is 3.20. The van der Waals surface area contributed by atoms with Gasteiger partial charge in [-0.3, -0.25) is 0 Å². The molecule has 6 heteroatoms. The van der Waals surface area contributed by atoms with Gasteiger partial charge < -0.3 is 4.90 Å². The van der Waals surface area contributed by atoms with Crippen molar-refractivity contribution >= 4 is 28.1 Å². The van der Waals surface area contributed by atoms with Gasteiger partial charge in [-0.2, -0.15) is 0 Å². The van der Waals surface area contributed by atoms with E-state index in [0.717, 1.165) is 0 Å². The minimum atomic E-state index is -2.61. The highest BCUT2D eigenvalue weighted by molar-refractivity contribution is 7.72. The molecule has 0 aliphatic heterocycles. The van der Waals surface area contributed by atoms with E-state index < -0.39 is 10.7 Å². The molecule has 1 aromatic heterocycles. The van der Waals surface area contributed by atoms with E-state index in [4.69, 9.17) is 11.6 Å². The van der Waals surface area contributed by atoms with Crippen molar-refractivity contribution in [1.29, 1.82) is 0 Å². The Morgan fingerprint density at radius 1 is 1.46 bits per heavy atom. The van der Waals surface area contributed by atoms with Gasteiger partial charge in [0.1, 0.15) is 5.82 Å². The minimum absolute atomic E-state index is 0.130. The summed E-state index contributed by atoms with van der Waals surface area (Å²) in [4.78, 5) is 5.75. The van der Waals surface area contributed by atoms with Gasteiger partial charge in [-0.1, -0.05) is 11.6 Å². The van der Waals surface area contributed by atoms with Crippen LogP contribution in [0.5, 0.6) is 0 Å². The summed E-state index contributed by atoms with van der Waals surface area (Å²) in [7, 11) is 0.957. The predicted molar refractivity (Wildman–Crippen MR) is 52.2 cm³/mol. The molecule has 1 heterocycles. The average molecular weight is 221 g/mol. The van der Waals surface area contributed by atoms with Gasteiger partial charge in [0.2, 0.25) is 0 Å². The van der Waals surface area contributed by atoms with Gasteiger partial charge in [-0.25, -0.2) is 13.4 Å². The normalized spacial score (nSPS) is 10.5. The fraction of sp³-hybridized carbons (Fsp3) is 0.286. The quantitative estimate of drug-likeness (QED) is 0.749. The van der Waals surface area contributed by atoms with Crippen molar-refractivity contribution < 1.29 is 8.42 Å². The van der Waals surface area contributed by atoms with E-state index in [-0.39, 0.29) is 4.90 Å². The van der Waals surface area contributed by atoms with Crippen molar-refractivity contribution in [1.82, 2.24) is 4.98 Å². The molecule has 72 valence electrons. The lowest BCUT2D eigenvalue weighted by Gasteiger charge is -2.12. The number of pyridine rings is 1. The van der Waals surface area contributed by atoms with E-state index >= 15 is 0 Å². The van der Waals surface area contributed by atoms with Crippen LogP contribution < -0.4 is 4.90 Å². The van der Waals surface area contributed by atoms with E-state index in [1.807, 2.05) is 0 Å². The molecule has 0 aliphatic rings. The molecule has 0 unspecified atom stereocenters. The molecule has 0 spiro atoms. The molecule has 0 aliphatic carbocycles. The third-order valence-corrected chi connectivity index (χ3v) is 2.39. The molecular formula is C7H9ClN2O2S. The first kappa shape index (κ1) is 10.3. The van der Waals surface area contributed by atoms with Crippen LogP contribution in [0.25, 0.3) is 0 Å². The second-order valence-corrected chi connectivity index (χ2v) is 4.09. The summed E-state index contributed by atoms with van der Waals surface area (Å²) in [5.41, 5.74) is 0. The van der Waals surface area contributed by atoms with Crippen molar-refractivity contribution in [2.75, 3.05) is 19.0 Å². The molecule has 0 bridgehead atoms. The Bertz CT molecular complexity index is 382. The van der Waals surface area contributed by atoms with Crippen LogP contribution in [0.15, 0.2) is 17.2 Å². The first-order chi connectivity index (χ1) is 6.02. The number of anilines is 1. The lowest BCUT2D eigenvalue weighted by Crippen LogP contribution is -2.11. The second kappa shape index (κ2) is 3.93. The molecule has 0 amide bonds. The van der Waals surface area contributed by atoms with Crippen molar-refractivity contribution in [3.8, 4) is 0 Å². The van der Waals surface area contributed by atoms with E-state index in [1.165, 1.54) is 12.3 Å². The molecule has 4 nitrogen and oxygen atoms in total. The Kier molecular flexibility index (Phi) is 3.11. The highest BCUT2D eigenvalue weighted by Gasteiger charge is 2.05. The third kappa shape index (κ3) is 2.32. The Labute approximate surface area is 83.1 Å². The van der Waals surface area contributed by atoms with Crippen LogP contribution in [0, 0.1) is 0 Å². The van der Waals surface area contributed by atoms with Crippen molar-refractivity contribution in [3.63, 3.8) is 0 Å². The number of halogens is 1. The van der Waals surface area contributed by atoms with Crippen LogP contribution in [0.1, 0.15) is 0 Å². The van der Waals surface area contributed by atoms with Gasteiger partial charge >= 0.3 is 0 Å². The first-order valence-corrected chi connectivity index (χ1v) is 5.05. The molecule has 0 saturated heterocycles. The summed E-state index contributed by atoms with van der Waals surface area (Å²) in [6, 6.07) is 1.38. The van der Waals surface area contributed by atoms with Gasteiger partial charge in [0.25, 0.3) is 0 Å². The minimum Gasteiger partial charge on any atom is -0.362 e. The maximum atomic E-state index is 10.6. The third-order valence-electron chi connectivity index (χ3n) is 1.44. The molecule has 13 heavy (non-hydrogen) atoms. The summed E-state index contributed by atoms with van der Waals surface area (Å²) in [6.45, 7) is 0. The standard InChI is InChI=1S/C7H9ClN2O2S/c1-10(2)7-6(8)3-5(4-9-7)13(11)12/h3-4,13H,1-2H3. The largest absolute Gasteiger partial charge is 0.362 e. The summed E-state index contributed by atoms with van der Waals surface area (Å²) in [5, 5.41) is 0.335. The Morgan fingerprint density at radius 3 is 2.46 bits per heavy atom. The maximum absolute atomic E-state index is 10.6. The number of hydrogen-bond acceptors (Lipinski definition) is 4. The summed E-state index contributed by atoms with van der Waals surface area (Å²) < 4.78 is 21.1. The summed E-state index contributed by atoms with van der Waals surface area (Å²) in [6.07, 6.45) is 1.28. The smallest absolute Gasteiger partial charge is 0.169 e. The van der Waals surface area contributed by atoms with Gasteiger partial charge in [-0.05, 0) is 6.07 Å². The van der Waals surface area contributed by atoms with Crippen LogP contribution in [-0.4, -0.2) is 27.5 Å². The van der Waals surface area contributed by atoms with Gasteiger partial charge in [0.15, 0.2) is 10.7 Å². The van der Waals surface area contributed by atoms with Gasteiger partial charge in [0, 0.05) is 20.3 Å². The van der Waals surface area contributed by atoms with E-state index in [9.17, 15) is 8.42 Å². The highest BCUT2D eigenvalue weighted by atomic mass is 35.5. The topological polar surface area (TPSA) is 50.3 Å². The molecule has 0 aromatic carbocycles. The van der Waals surface area contributed by atoms with Crippen LogP contribution in [-0.2, 0) is 10.7 Å². The maximum Gasteiger partial charge on any atom is 0.169 e. The number of aromatic nitrogens is 1. The SMILES string of the molecule is CN(C)c1ncc([SH](=O)=O)cc1Cl. The van der Waals surface area contributed by atoms with Crippen molar-refractivity contribution in [3.05, 3.63) is 17.3 Å². The average Bonchev–Trinajstić information content (AvgIpc) is 2.03. The zero-order valence-electron chi connectivity index (χ0n) is 7.19. The van der Waals surface area contributed by atoms with Crippen LogP contribution in [0.4, 0.5) is 5.82 Å². The molecule has 0 saturated carbocycles. The Hall–Kier alpha value is -0.810. The lowest BCUT2D eigenvalue weighted by molar-refractivity contribution is 0.614. The molecule has 0 fully saturated rings. The van der Waals surface area contributed by atoms with Crippen LogP contribution >= 0.6 is 11.6 Å². The number of rotatable bonds is 2. The summed E-state index contributed by atoms with van der Waals surface area (Å²) in [5.74, 6) is 0.558. The van der Waals surface area contributed by atoms with E-state index in [1.54, 1.807) is 19.0 Å². The zero-order chi connectivity index (χ0) is 10.0. The summed E-state index contributed by atoms with van der Waals surface area (Å²) >= 11 is 5.80. The molecular weight excluding hydrogens is 212 g/mol. The molecule has 1 rings (SSSR count). The fourth-order valence-electron chi connectivity index (χ4n) is 0.850. The number of hydrogen-bond donors (Lipinski definition) is 1. The number of nitrogens with zero attached hydrogens (tertiary/aromatic N) is 2. The van der Waals surface area contributed by atoms with Crippen molar-refractivity contribution in [2.24, 2.45) is 0 Å². The first-order valence-electron chi connectivity index (χ1n) is 3.49. The van der Waals surface area contributed by atoms with Crippen LogP contribution in [0.3, 0.4) is 0 Å². The fourth-order valence-corrected chi connectivity index (χ4v) is 1.65. The monoisotopic (exact) mass is 220 g/mol. The molecule has 0 N–H and O–H groups in total. The lowest BCUT2D eigenvalue weighted by atomic mass is 10.4. The highest BCUT2D eigenvalue weighted by Crippen LogP contribution is 2.22.